The van der Waals surface area contributed by atoms with E-state index >= 15 is 0 Å². The Labute approximate surface area is 255 Å². The zero-order valence-electron chi connectivity index (χ0n) is 26.9. The molecule has 6 atom stereocenters. The van der Waals surface area contributed by atoms with Gasteiger partial charge in [0.15, 0.2) is 12.6 Å². The van der Waals surface area contributed by atoms with E-state index in [1.54, 1.807) is 0 Å². The van der Waals surface area contributed by atoms with Crippen molar-refractivity contribution in [1.82, 2.24) is 0 Å². The fraction of sp³-hybridized carbons (Fsp3) is 0.886. The Balaban J connectivity index is 1.62. The van der Waals surface area contributed by atoms with E-state index in [2.05, 4.69) is 19.1 Å². The molecule has 3 rings (SSSR count). The van der Waals surface area contributed by atoms with E-state index < -0.39 is 0 Å². The van der Waals surface area contributed by atoms with E-state index in [9.17, 15) is 9.59 Å². The van der Waals surface area contributed by atoms with Crippen LogP contribution in [0.15, 0.2) is 12.2 Å². The molecule has 3 aliphatic rings. The van der Waals surface area contributed by atoms with E-state index in [0.29, 0.717) is 25.0 Å². The molecular formula is C35H60O7. The lowest BCUT2D eigenvalue weighted by molar-refractivity contribution is -0.204. The second-order valence-corrected chi connectivity index (χ2v) is 12.9. The van der Waals surface area contributed by atoms with Crippen molar-refractivity contribution in [3.05, 3.63) is 12.2 Å². The van der Waals surface area contributed by atoms with Crippen molar-refractivity contribution in [2.45, 2.75) is 174 Å². The van der Waals surface area contributed by atoms with Crippen molar-refractivity contribution in [2.24, 2.45) is 11.8 Å². The molecule has 0 N–H and O–H groups in total. The fourth-order valence-electron chi connectivity index (χ4n) is 6.63. The number of Topliss-reactive ketones (excluding diaryl/α,β-unsaturated/α-hetero) is 1. The quantitative estimate of drug-likeness (QED) is 0.0800. The summed E-state index contributed by atoms with van der Waals surface area (Å²) in [5.74, 6) is 0.735. The highest BCUT2D eigenvalue weighted by molar-refractivity contribution is 5.78. The number of hydrogen-bond donors (Lipinski definition) is 0. The van der Waals surface area contributed by atoms with Crippen LogP contribution in [0.1, 0.15) is 143 Å². The molecule has 7 nitrogen and oxygen atoms in total. The van der Waals surface area contributed by atoms with E-state index in [1.807, 2.05) is 13.8 Å². The standard InChI is InChI=1S/C35H60O7/c1-4-5-6-7-10-17-28(36)22-23-30-29(18-11-8-9-12-19-33(37)40-27(2)3)31(41-34-20-13-15-24-38-34)26-32(30)42-35-21-14-16-25-39-35/h8,11,27,29-32,34-35H,4-7,9-10,12-26H2,1-3H3/t29-,30-,31+,32-,34?,35?/m1/s1. The van der Waals surface area contributed by atoms with Crippen molar-refractivity contribution in [2.75, 3.05) is 13.2 Å². The minimum absolute atomic E-state index is 0.0169. The summed E-state index contributed by atoms with van der Waals surface area (Å²) >= 11 is 0. The first kappa shape index (κ1) is 35.2. The molecule has 1 aliphatic carbocycles. The minimum Gasteiger partial charge on any atom is -0.463 e. The van der Waals surface area contributed by atoms with Gasteiger partial charge in [-0.3, -0.25) is 9.59 Å². The Hall–Kier alpha value is -1.28. The van der Waals surface area contributed by atoms with Crippen LogP contribution in [0.5, 0.6) is 0 Å². The number of esters is 1. The van der Waals surface area contributed by atoms with Crippen LogP contribution in [-0.4, -0.2) is 55.9 Å². The zero-order valence-corrected chi connectivity index (χ0v) is 26.9. The van der Waals surface area contributed by atoms with Crippen molar-refractivity contribution in [1.29, 1.82) is 0 Å². The Morgan fingerprint density at radius 2 is 1.45 bits per heavy atom. The first-order valence-electron chi connectivity index (χ1n) is 17.4. The molecule has 2 unspecified atom stereocenters. The number of carbonyl (C=O) groups is 2. The maximum Gasteiger partial charge on any atom is 0.306 e. The average molecular weight is 593 g/mol. The lowest BCUT2D eigenvalue weighted by Crippen LogP contribution is -2.32. The number of allylic oxidation sites excluding steroid dienone is 2. The number of hydrogen-bond acceptors (Lipinski definition) is 7. The van der Waals surface area contributed by atoms with E-state index in [4.69, 9.17) is 23.7 Å². The zero-order chi connectivity index (χ0) is 30.0. The largest absolute Gasteiger partial charge is 0.463 e. The third-order valence-corrected chi connectivity index (χ3v) is 8.91. The summed E-state index contributed by atoms with van der Waals surface area (Å²) in [6, 6.07) is 0. The monoisotopic (exact) mass is 592 g/mol. The third-order valence-electron chi connectivity index (χ3n) is 8.91. The molecule has 0 amide bonds. The molecule has 0 spiro atoms. The first-order chi connectivity index (χ1) is 20.5. The number of rotatable bonds is 20. The topological polar surface area (TPSA) is 80.3 Å². The van der Waals surface area contributed by atoms with Gasteiger partial charge in [-0.2, -0.15) is 0 Å². The molecule has 0 bridgehead atoms. The van der Waals surface area contributed by atoms with Gasteiger partial charge in [-0.15, -0.1) is 0 Å². The highest BCUT2D eigenvalue weighted by atomic mass is 16.7. The van der Waals surface area contributed by atoms with Gasteiger partial charge < -0.3 is 23.7 Å². The van der Waals surface area contributed by atoms with Gasteiger partial charge in [0.2, 0.25) is 0 Å². The number of unbranched alkanes of at least 4 members (excludes halogenated alkanes) is 5. The SMILES string of the molecule is CCCCCCCC(=O)CC[C@@H]1[C@@H](CC=CCCCC(=O)OC(C)C)[C@@H](OC2CCCCO2)C[C@H]1OC1CCCCO1. The second-order valence-electron chi connectivity index (χ2n) is 12.9. The average Bonchev–Trinajstić information content (AvgIpc) is 3.29. The maximum absolute atomic E-state index is 12.9. The van der Waals surface area contributed by atoms with Gasteiger partial charge in [0.05, 0.1) is 18.3 Å². The van der Waals surface area contributed by atoms with Crippen LogP contribution in [-0.2, 0) is 33.3 Å². The van der Waals surface area contributed by atoms with Crippen LogP contribution in [0.4, 0.5) is 0 Å². The van der Waals surface area contributed by atoms with Crippen LogP contribution in [0.3, 0.4) is 0 Å². The lowest BCUT2D eigenvalue weighted by atomic mass is 9.85. The Kier molecular flexibility index (Phi) is 17.3. The molecule has 42 heavy (non-hydrogen) atoms. The maximum atomic E-state index is 12.9. The second kappa shape index (κ2) is 20.6. The van der Waals surface area contributed by atoms with Crippen molar-refractivity contribution >= 4 is 11.8 Å². The van der Waals surface area contributed by atoms with Crippen LogP contribution in [0.2, 0.25) is 0 Å². The van der Waals surface area contributed by atoms with E-state index in [0.717, 1.165) is 96.7 Å². The van der Waals surface area contributed by atoms with Crippen LogP contribution in [0.25, 0.3) is 0 Å². The predicted molar refractivity (Wildman–Crippen MR) is 165 cm³/mol. The molecule has 2 aliphatic heterocycles. The Morgan fingerprint density at radius 3 is 2.07 bits per heavy atom. The molecule has 3 fully saturated rings. The number of ketones is 1. The van der Waals surface area contributed by atoms with E-state index in [-0.39, 0.29) is 48.7 Å². The van der Waals surface area contributed by atoms with Gasteiger partial charge in [-0.1, -0.05) is 44.8 Å². The van der Waals surface area contributed by atoms with Gasteiger partial charge in [-0.25, -0.2) is 0 Å². The Bertz CT molecular complexity index is 769. The normalized spacial score (nSPS) is 28.5. The van der Waals surface area contributed by atoms with Gasteiger partial charge in [0.25, 0.3) is 0 Å². The Morgan fingerprint density at radius 1 is 0.786 bits per heavy atom. The predicted octanol–water partition coefficient (Wildman–Crippen LogP) is 8.22. The summed E-state index contributed by atoms with van der Waals surface area (Å²) in [6.45, 7) is 7.49. The number of ether oxygens (including phenoxy) is 5. The molecule has 1 saturated carbocycles. The molecular weight excluding hydrogens is 532 g/mol. The highest BCUT2D eigenvalue weighted by Gasteiger charge is 2.46. The van der Waals surface area contributed by atoms with Crippen molar-refractivity contribution in [3.63, 3.8) is 0 Å². The van der Waals surface area contributed by atoms with Crippen molar-refractivity contribution in [3.8, 4) is 0 Å². The van der Waals surface area contributed by atoms with Gasteiger partial charge in [0, 0.05) is 38.9 Å². The molecule has 0 aromatic carbocycles. The molecule has 242 valence electrons. The summed E-state index contributed by atoms with van der Waals surface area (Å²) in [6.07, 6.45) is 22.1. The van der Waals surface area contributed by atoms with Gasteiger partial charge >= 0.3 is 5.97 Å². The summed E-state index contributed by atoms with van der Waals surface area (Å²) in [5.41, 5.74) is 0. The van der Waals surface area contributed by atoms with Crippen LogP contribution >= 0.6 is 0 Å². The molecule has 2 saturated heterocycles. The van der Waals surface area contributed by atoms with Crippen LogP contribution in [0, 0.1) is 11.8 Å². The van der Waals surface area contributed by atoms with Crippen molar-refractivity contribution < 1.29 is 33.3 Å². The summed E-state index contributed by atoms with van der Waals surface area (Å²) in [4.78, 5) is 24.8. The van der Waals surface area contributed by atoms with Gasteiger partial charge in [0.1, 0.15) is 5.78 Å². The molecule has 7 heteroatoms. The van der Waals surface area contributed by atoms with Crippen LogP contribution < -0.4 is 0 Å². The summed E-state index contributed by atoms with van der Waals surface area (Å²) in [7, 11) is 0. The fourth-order valence-corrected chi connectivity index (χ4v) is 6.63. The van der Waals surface area contributed by atoms with Gasteiger partial charge in [-0.05, 0) is 96.3 Å². The summed E-state index contributed by atoms with van der Waals surface area (Å²) < 4.78 is 30.5. The smallest absolute Gasteiger partial charge is 0.306 e. The molecule has 0 aromatic rings. The molecule has 0 aromatic heterocycles. The first-order valence-corrected chi connectivity index (χ1v) is 17.4. The minimum atomic E-state index is -0.160. The van der Waals surface area contributed by atoms with E-state index in [1.165, 1.54) is 19.3 Å². The lowest BCUT2D eigenvalue weighted by Gasteiger charge is -2.31. The highest BCUT2D eigenvalue weighted by Crippen LogP contribution is 2.43. The molecule has 0 radical (unpaired) electrons. The number of carbonyl (C=O) groups excluding carboxylic acids is 2. The summed E-state index contributed by atoms with van der Waals surface area (Å²) in [5, 5.41) is 0. The molecule has 2 heterocycles. The third kappa shape index (κ3) is 13.6.